The first-order valence-corrected chi connectivity index (χ1v) is 9.61. The van der Waals surface area contributed by atoms with Crippen molar-refractivity contribution >= 4 is 17.2 Å². The number of rotatable bonds is 6. The zero-order valence-corrected chi connectivity index (χ0v) is 15.1. The summed E-state index contributed by atoms with van der Waals surface area (Å²) in [7, 11) is 0. The summed E-state index contributed by atoms with van der Waals surface area (Å²) < 4.78 is 7.36. The van der Waals surface area contributed by atoms with E-state index in [-0.39, 0.29) is 12.0 Å². The van der Waals surface area contributed by atoms with Crippen molar-refractivity contribution in [1.29, 1.82) is 0 Å². The van der Waals surface area contributed by atoms with Crippen molar-refractivity contribution < 1.29 is 9.53 Å². The van der Waals surface area contributed by atoms with Gasteiger partial charge in [0.1, 0.15) is 6.10 Å². The summed E-state index contributed by atoms with van der Waals surface area (Å²) in [6.07, 6.45) is 5.09. The third kappa shape index (κ3) is 3.54. The van der Waals surface area contributed by atoms with E-state index in [2.05, 4.69) is 21.5 Å². The second-order valence-corrected chi connectivity index (χ2v) is 7.06. The van der Waals surface area contributed by atoms with Gasteiger partial charge in [-0.3, -0.25) is 14.5 Å². The number of nitrogens with zero attached hydrogens (tertiary/aromatic N) is 3. The normalized spacial score (nSPS) is 16.7. The molecule has 1 aliphatic heterocycles. The summed E-state index contributed by atoms with van der Waals surface area (Å²) >= 11 is 1.67. The molecule has 0 aromatic carbocycles. The summed E-state index contributed by atoms with van der Waals surface area (Å²) in [5.74, 6) is -0.0303. The van der Waals surface area contributed by atoms with E-state index in [4.69, 9.17) is 4.74 Å². The number of thiophene rings is 1. The molecule has 7 heteroatoms. The molecule has 0 bridgehead atoms. The van der Waals surface area contributed by atoms with Gasteiger partial charge < -0.3 is 10.1 Å². The van der Waals surface area contributed by atoms with Crippen LogP contribution in [0.3, 0.4) is 0 Å². The van der Waals surface area contributed by atoms with Crippen LogP contribution < -0.4 is 5.32 Å². The monoisotopic (exact) mass is 368 g/mol. The summed E-state index contributed by atoms with van der Waals surface area (Å²) in [6.45, 7) is 1.78. The van der Waals surface area contributed by atoms with E-state index in [9.17, 15) is 4.79 Å². The van der Waals surface area contributed by atoms with Crippen LogP contribution in [0.15, 0.2) is 48.1 Å². The van der Waals surface area contributed by atoms with Crippen LogP contribution in [0.5, 0.6) is 0 Å². The first-order chi connectivity index (χ1) is 12.8. The SMILES string of the molecule is O=C(NCCn1ncc(-c2ccccn2)c1-c1cccs1)[C@@H]1CCCO1. The molecule has 0 aliphatic carbocycles. The highest BCUT2D eigenvalue weighted by Crippen LogP contribution is 2.33. The minimum atomic E-state index is -0.298. The lowest BCUT2D eigenvalue weighted by Crippen LogP contribution is -2.36. The molecule has 1 aliphatic rings. The molecule has 4 rings (SSSR count). The van der Waals surface area contributed by atoms with Gasteiger partial charge in [-0.1, -0.05) is 12.1 Å². The van der Waals surface area contributed by atoms with Crippen LogP contribution in [0, 0.1) is 0 Å². The third-order valence-electron chi connectivity index (χ3n) is 4.38. The standard InChI is InChI=1S/C19H20N4O2S/c24-19(16-6-3-11-25-16)21-9-10-23-18(17-7-4-12-26-17)14(13-22-23)15-5-1-2-8-20-15/h1-2,4-5,7-8,12-13,16H,3,6,9-11H2,(H,21,24)/t16-/m0/s1. The van der Waals surface area contributed by atoms with Crippen LogP contribution in [0.25, 0.3) is 21.8 Å². The highest BCUT2D eigenvalue weighted by atomic mass is 32.1. The molecule has 3 aromatic heterocycles. The molecule has 134 valence electrons. The van der Waals surface area contributed by atoms with E-state index in [0.29, 0.717) is 19.7 Å². The predicted octanol–water partition coefficient (Wildman–Crippen LogP) is 2.97. The van der Waals surface area contributed by atoms with Gasteiger partial charge in [-0.15, -0.1) is 11.3 Å². The molecular formula is C19H20N4O2S. The van der Waals surface area contributed by atoms with Crippen molar-refractivity contribution in [3.05, 3.63) is 48.1 Å². The number of hydrogen-bond donors (Lipinski definition) is 1. The van der Waals surface area contributed by atoms with Gasteiger partial charge in [-0.05, 0) is 36.4 Å². The van der Waals surface area contributed by atoms with Crippen LogP contribution >= 0.6 is 11.3 Å². The number of pyridine rings is 1. The number of amides is 1. The maximum absolute atomic E-state index is 12.1. The lowest BCUT2D eigenvalue weighted by atomic mass is 10.1. The van der Waals surface area contributed by atoms with Crippen molar-refractivity contribution in [2.75, 3.05) is 13.2 Å². The van der Waals surface area contributed by atoms with Gasteiger partial charge in [-0.25, -0.2) is 0 Å². The highest BCUT2D eigenvalue weighted by molar-refractivity contribution is 7.13. The first-order valence-electron chi connectivity index (χ1n) is 8.73. The average Bonchev–Trinajstić information content (AvgIpc) is 3.42. The largest absolute Gasteiger partial charge is 0.368 e. The topological polar surface area (TPSA) is 69.0 Å². The van der Waals surface area contributed by atoms with E-state index < -0.39 is 0 Å². The van der Waals surface area contributed by atoms with Gasteiger partial charge in [0.05, 0.1) is 29.0 Å². The van der Waals surface area contributed by atoms with Crippen LogP contribution in [0.4, 0.5) is 0 Å². The van der Waals surface area contributed by atoms with Crippen LogP contribution in [-0.2, 0) is 16.1 Å². The molecule has 1 saturated heterocycles. The fourth-order valence-electron chi connectivity index (χ4n) is 3.12. The van der Waals surface area contributed by atoms with Crippen molar-refractivity contribution in [2.45, 2.75) is 25.5 Å². The summed E-state index contributed by atoms with van der Waals surface area (Å²) in [4.78, 5) is 17.7. The second-order valence-electron chi connectivity index (χ2n) is 6.11. The van der Waals surface area contributed by atoms with Gasteiger partial charge in [0.15, 0.2) is 0 Å². The Morgan fingerprint density at radius 1 is 1.35 bits per heavy atom. The molecule has 26 heavy (non-hydrogen) atoms. The summed E-state index contributed by atoms with van der Waals surface area (Å²) in [5.41, 5.74) is 2.93. The highest BCUT2D eigenvalue weighted by Gasteiger charge is 2.23. The zero-order valence-electron chi connectivity index (χ0n) is 14.3. The van der Waals surface area contributed by atoms with Gasteiger partial charge in [0.2, 0.25) is 5.91 Å². The maximum atomic E-state index is 12.1. The molecule has 0 saturated carbocycles. The fraction of sp³-hybridized carbons (Fsp3) is 0.316. The molecule has 0 radical (unpaired) electrons. The third-order valence-corrected chi connectivity index (χ3v) is 5.26. The quantitative estimate of drug-likeness (QED) is 0.726. The van der Waals surface area contributed by atoms with Crippen molar-refractivity contribution in [1.82, 2.24) is 20.1 Å². The Labute approximate surface area is 155 Å². The molecule has 3 aromatic rings. The van der Waals surface area contributed by atoms with E-state index in [1.165, 1.54) is 0 Å². The molecule has 6 nitrogen and oxygen atoms in total. The molecule has 1 N–H and O–H groups in total. The minimum absolute atomic E-state index is 0.0303. The molecule has 1 atom stereocenters. The Hall–Kier alpha value is -2.51. The lowest BCUT2D eigenvalue weighted by Gasteiger charge is -2.12. The number of nitrogens with one attached hydrogen (secondary N) is 1. The van der Waals surface area contributed by atoms with Gasteiger partial charge in [0, 0.05) is 24.9 Å². The summed E-state index contributed by atoms with van der Waals surface area (Å²) in [6, 6.07) is 9.96. The Morgan fingerprint density at radius 3 is 3.04 bits per heavy atom. The fourth-order valence-corrected chi connectivity index (χ4v) is 3.91. The number of hydrogen-bond acceptors (Lipinski definition) is 5. The Balaban J connectivity index is 1.52. The molecule has 0 unspecified atom stereocenters. The Kier molecular flexibility index (Phi) is 5.08. The van der Waals surface area contributed by atoms with Gasteiger partial charge >= 0.3 is 0 Å². The Morgan fingerprint density at radius 2 is 2.31 bits per heavy atom. The molecule has 1 fully saturated rings. The maximum Gasteiger partial charge on any atom is 0.249 e. The van der Waals surface area contributed by atoms with E-state index in [0.717, 1.165) is 34.7 Å². The lowest BCUT2D eigenvalue weighted by molar-refractivity contribution is -0.130. The molecular weight excluding hydrogens is 348 g/mol. The van der Waals surface area contributed by atoms with Crippen LogP contribution in [0.1, 0.15) is 12.8 Å². The number of carbonyl (C=O) groups excluding carboxylic acids is 1. The van der Waals surface area contributed by atoms with E-state index in [1.54, 1.807) is 17.5 Å². The Bertz CT molecular complexity index is 855. The number of aromatic nitrogens is 3. The molecule has 1 amide bonds. The number of ether oxygens (including phenoxy) is 1. The van der Waals surface area contributed by atoms with Crippen LogP contribution in [0.2, 0.25) is 0 Å². The summed E-state index contributed by atoms with van der Waals surface area (Å²) in [5, 5.41) is 9.55. The molecule has 0 spiro atoms. The van der Waals surface area contributed by atoms with E-state index >= 15 is 0 Å². The number of carbonyl (C=O) groups is 1. The van der Waals surface area contributed by atoms with Gasteiger partial charge in [-0.2, -0.15) is 5.10 Å². The van der Waals surface area contributed by atoms with E-state index in [1.807, 2.05) is 40.5 Å². The first kappa shape index (κ1) is 16.9. The van der Waals surface area contributed by atoms with Crippen molar-refractivity contribution in [3.63, 3.8) is 0 Å². The molecule has 4 heterocycles. The zero-order chi connectivity index (χ0) is 17.8. The average molecular weight is 368 g/mol. The van der Waals surface area contributed by atoms with Crippen molar-refractivity contribution in [2.24, 2.45) is 0 Å². The smallest absolute Gasteiger partial charge is 0.249 e. The van der Waals surface area contributed by atoms with Gasteiger partial charge in [0.25, 0.3) is 0 Å². The minimum Gasteiger partial charge on any atom is -0.368 e. The second kappa shape index (κ2) is 7.80. The predicted molar refractivity (Wildman–Crippen MR) is 101 cm³/mol. The van der Waals surface area contributed by atoms with Crippen LogP contribution in [-0.4, -0.2) is 39.9 Å². The van der Waals surface area contributed by atoms with Crippen molar-refractivity contribution in [3.8, 4) is 21.8 Å².